The zero-order valence-electron chi connectivity index (χ0n) is 20.1. The molecule has 0 aliphatic carbocycles. The van der Waals surface area contributed by atoms with Gasteiger partial charge in [-0.15, -0.1) is 0 Å². The van der Waals surface area contributed by atoms with Crippen LogP contribution in [0.4, 0.5) is 21.6 Å². The molecular weight excluding hydrogens is 483 g/mol. The molecule has 2 heterocycles. The highest BCUT2D eigenvalue weighted by Crippen LogP contribution is 2.27. The lowest BCUT2D eigenvalue weighted by Gasteiger charge is -2.10. The monoisotopic (exact) mass is 506 g/mol. The van der Waals surface area contributed by atoms with Crippen LogP contribution in [0.1, 0.15) is 16.1 Å². The minimum atomic E-state index is -0.395. The van der Waals surface area contributed by atoms with Crippen LogP contribution in [-0.2, 0) is 6.54 Å². The molecule has 0 aliphatic heterocycles. The molecule has 8 nitrogen and oxygen atoms in total. The topological polar surface area (TPSA) is 115 Å². The molecule has 0 bridgehead atoms. The van der Waals surface area contributed by atoms with Crippen molar-refractivity contribution >= 4 is 23.1 Å². The van der Waals surface area contributed by atoms with Crippen molar-refractivity contribution < 1.29 is 13.9 Å². The Kier molecular flexibility index (Phi) is 7.17. The zero-order chi connectivity index (χ0) is 26.3. The molecule has 0 unspecified atom stereocenters. The van der Waals surface area contributed by atoms with E-state index in [-0.39, 0.29) is 12.5 Å². The fourth-order valence-electron chi connectivity index (χ4n) is 3.68. The largest absolute Gasteiger partial charge is 0.457 e. The van der Waals surface area contributed by atoms with E-state index in [9.17, 15) is 9.18 Å². The fourth-order valence-corrected chi connectivity index (χ4v) is 3.68. The molecule has 188 valence electrons. The van der Waals surface area contributed by atoms with Crippen LogP contribution in [0.15, 0.2) is 104 Å². The summed E-state index contributed by atoms with van der Waals surface area (Å²) in [7, 11) is 0. The summed E-state index contributed by atoms with van der Waals surface area (Å²) in [5.41, 5.74) is 10.1. The zero-order valence-corrected chi connectivity index (χ0v) is 20.1. The summed E-state index contributed by atoms with van der Waals surface area (Å²) in [5, 5.41) is 6.03. The number of hydrogen-bond donors (Lipinski definition) is 3. The van der Waals surface area contributed by atoms with E-state index in [1.54, 1.807) is 18.3 Å². The third-order valence-corrected chi connectivity index (χ3v) is 5.59. The van der Waals surface area contributed by atoms with Crippen LogP contribution in [-0.4, -0.2) is 20.9 Å². The van der Waals surface area contributed by atoms with E-state index >= 15 is 0 Å². The molecule has 2 aromatic heterocycles. The molecule has 0 saturated heterocycles. The number of carbonyl (C=O) groups is 1. The molecule has 38 heavy (non-hydrogen) atoms. The summed E-state index contributed by atoms with van der Waals surface area (Å²) < 4.78 is 19.0. The van der Waals surface area contributed by atoms with Gasteiger partial charge in [0.15, 0.2) is 0 Å². The van der Waals surface area contributed by atoms with Crippen molar-refractivity contribution in [2.45, 2.75) is 6.54 Å². The highest BCUT2D eigenvalue weighted by Gasteiger charge is 2.08. The number of aromatic nitrogens is 3. The minimum absolute atomic E-state index is 0.200. The van der Waals surface area contributed by atoms with E-state index in [0.717, 1.165) is 16.9 Å². The standard InChI is InChI=1S/C29H23FN6O2/c30-20-7-5-19(6-8-20)29(37)33-17-22-15-24(13-14-32-22)38-23-11-9-21(10-12-23)36-28-16-27(34-18-35-28)25-3-1-2-4-26(25)31/h1-16,18H,17,31H2,(H,33,37)(H,34,35,36). The number of anilines is 3. The molecule has 4 N–H and O–H groups in total. The number of amides is 1. The third-order valence-electron chi connectivity index (χ3n) is 5.59. The number of pyridine rings is 1. The lowest BCUT2D eigenvalue weighted by atomic mass is 10.1. The van der Waals surface area contributed by atoms with Crippen molar-refractivity contribution in [2.75, 3.05) is 11.1 Å². The molecule has 9 heteroatoms. The number of hydrogen-bond acceptors (Lipinski definition) is 7. The summed E-state index contributed by atoms with van der Waals surface area (Å²) in [4.78, 5) is 25.2. The molecule has 0 aliphatic rings. The first kappa shape index (κ1) is 24.4. The number of carbonyl (C=O) groups excluding carboxylic acids is 1. The maximum absolute atomic E-state index is 13.1. The van der Waals surface area contributed by atoms with Crippen molar-refractivity contribution in [1.29, 1.82) is 0 Å². The van der Waals surface area contributed by atoms with Gasteiger partial charge in [0.25, 0.3) is 5.91 Å². The average Bonchev–Trinajstić information content (AvgIpc) is 2.94. The second-order valence-electron chi connectivity index (χ2n) is 8.30. The second kappa shape index (κ2) is 11.2. The number of nitrogens with one attached hydrogen (secondary N) is 2. The number of para-hydroxylation sites is 1. The molecule has 0 saturated carbocycles. The molecule has 1 amide bonds. The SMILES string of the molecule is Nc1ccccc1-c1cc(Nc2ccc(Oc3ccnc(CNC(=O)c4ccc(F)cc4)c3)cc2)ncn1. The predicted molar refractivity (Wildman–Crippen MR) is 143 cm³/mol. The molecule has 0 fully saturated rings. The number of nitrogens with two attached hydrogens (primary N) is 1. The van der Waals surface area contributed by atoms with Crippen LogP contribution in [0, 0.1) is 5.82 Å². The van der Waals surface area contributed by atoms with Crippen molar-refractivity contribution in [2.24, 2.45) is 0 Å². The average molecular weight is 507 g/mol. The quantitative estimate of drug-likeness (QED) is 0.230. The number of nitrogens with zero attached hydrogens (tertiary/aromatic N) is 3. The number of nitrogen functional groups attached to an aromatic ring is 1. The molecule has 0 radical (unpaired) electrons. The number of benzene rings is 3. The van der Waals surface area contributed by atoms with Crippen LogP contribution < -0.4 is 21.1 Å². The maximum atomic E-state index is 13.1. The number of halogens is 1. The Morgan fingerprint density at radius 1 is 0.868 bits per heavy atom. The normalized spacial score (nSPS) is 10.6. The van der Waals surface area contributed by atoms with Gasteiger partial charge in [0.1, 0.15) is 29.5 Å². The van der Waals surface area contributed by atoms with Gasteiger partial charge in [0.05, 0.1) is 17.9 Å². The number of ether oxygens (including phenoxy) is 1. The minimum Gasteiger partial charge on any atom is -0.457 e. The highest BCUT2D eigenvalue weighted by molar-refractivity contribution is 5.94. The van der Waals surface area contributed by atoms with Gasteiger partial charge in [-0.3, -0.25) is 9.78 Å². The summed E-state index contributed by atoms with van der Waals surface area (Å²) in [5.74, 6) is 1.13. The molecule has 3 aromatic carbocycles. The van der Waals surface area contributed by atoms with E-state index in [0.29, 0.717) is 34.3 Å². The van der Waals surface area contributed by atoms with E-state index in [2.05, 4.69) is 25.6 Å². The van der Waals surface area contributed by atoms with E-state index in [4.69, 9.17) is 10.5 Å². The molecule has 0 atom stereocenters. The van der Waals surface area contributed by atoms with Crippen molar-refractivity contribution in [3.8, 4) is 22.8 Å². The van der Waals surface area contributed by atoms with Crippen LogP contribution in [0.5, 0.6) is 11.5 Å². The van der Waals surface area contributed by atoms with Gasteiger partial charge >= 0.3 is 0 Å². The second-order valence-corrected chi connectivity index (χ2v) is 8.30. The first-order chi connectivity index (χ1) is 18.5. The molecule has 5 aromatic rings. The van der Waals surface area contributed by atoms with Crippen molar-refractivity contribution in [3.05, 3.63) is 121 Å². The Morgan fingerprint density at radius 2 is 1.66 bits per heavy atom. The van der Waals surface area contributed by atoms with Gasteiger partial charge in [-0.2, -0.15) is 0 Å². The highest BCUT2D eigenvalue weighted by atomic mass is 19.1. The van der Waals surface area contributed by atoms with Gasteiger partial charge in [-0.05, 0) is 60.7 Å². The van der Waals surface area contributed by atoms with Gasteiger partial charge in [-0.25, -0.2) is 14.4 Å². The van der Waals surface area contributed by atoms with E-state index in [1.165, 1.54) is 30.6 Å². The van der Waals surface area contributed by atoms with E-state index < -0.39 is 5.82 Å². The summed E-state index contributed by atoms with van der Waals surface area (Å²) in [6, 6.07) is 25.6. The summed E-state index contributed by atoms with van der Waals surface area (Å²) >= 11 is 0. The summed E-state index contributed by atoms with van der Waals surface area (Å²) in [6.07, 6.45) is 3.10. The molecule has 5 rings (SSSR count). The third kappa shape index (κ3) is 6.08. The Labute approximate surface area is 218 Å². The Bertz CT molecular complexity index is 1560. The van der Waals surface area contributed by atoms with Crippen LogP contribution in [0.25, 0.3) is 11.3 Å². The van der Waals surface area contributed by atoms with Crippen molar-refractivity contribution in [3.63, 3.8) is 0 Å². The predicted octanol–water partition coefficient (Wildman–Crippen LogP) is 5.73. The molecular formula is C29H23FN6O2. The van der Waals surface area contributed by atoms with Gasteiger partial charge in [0.2, 0.25) is 0 Å². The lowest BCUT2D eigenvalue weighted by molar-refractivity contribution is 0.0950. The maximum Gasteiger partial charge on any atom is 0.251 e. The van der Waals surface area contributed by atoms with Gasteiger partial charge in [-0.1, -0.05) is 18.2 Å². The molecule has 0 spiro atoms. The van der Waals surface area contributed by atoms with Crippen LogP contribution in [0.3, 0.4) is 0 Å². The fraction of sp³-hybridized carbons (Fsp3) is 0.0345. The lowest BCUT2D eigenvalue weighted by Crippen LogP contribution is -2.23. The van der Waals surface area contributed by atoms with Crippen LogP contribution in [0.2, 0.25) is 0 Å². The number of rotatable bonds is 8. The first-order valence-electron chi connectivity index (χ1n) is 11.7. The van der Waals surface area contributed by atoms with Crippen LogP contribution >= 0.6 is 0 Å². The Hall–Kier alpha value is -5.31. The van der Waals surface area contributed by atoms with Gasteiger partial charge < -0.3 is 21.1 Å². The smallest absolute Gasteiger partial charge is 0.251 e. The van der Waals surface area contributed by atoms with E-state index in [1.807, 2.05) is 54.6 Å². The summed E-state index contributed by atoms with van der Waals surface area (Å²) in [6.45, 7) is 0.200. The van der Waals surface area contributed by atoms with Gasteiger partial charge in [0, 0.05) is 40.8 Å². The first-order valence-corrected chi connectivity index (χ1v) is 11.7. The Morgan fingerprint density at radius 3 is 2.45 bits per heavy atom. The van der Waals surface area contributed by atoms with Crippen molar-refractivity contribution in [1.82, 2.24) is 20.3 Å². The Balaban J connectivity index is 1.20.